The first-order valence-electron chi connectivity index (χ1n) is 7.30. The number of hydrogen-bond donors (Lipinski definition) is 0. The van der Waals surface area contributed by atoms with Gasteiger partial charge in [0.05, 0.1) is 39.2 Å². The van der Waals surface area contributed by atoms with Crippen LogP contribution in [-0.4, -0.2) is 28.4 Å². The Bertz CT molecular complexity index is 987. The van der Waals surface area contributed by atoms with E-state index in [9.17, 15) is 4.79 Å². The molecule has 0 aliphatic heterocycles. The van der Waals surface area contributed by atoms with Crippen molar-refractivity contribution in [2.24, 2.45) is 0 Å². The maximum Gasteiger partial charge on any atom is 0.208 e. The molecule has 0 fully saturated rings. The summed E-state index contributed by atoms with van der Waals surface area (Å²) < 4.78 is 27.5. The van der Waals surface area contributed by atoms with Gasteiger partial charge in [0, 0.05) is 0 Å². The SMILES string of the molecule is COc1cc2c(=O)c3ccc(C)c(OC)c3oc2c(OC)c1OC. The van der Waals surface area contributed by atoms with Crippen LogP contribution in [0.1, 0.15) is 5.56 Å². The Labute approximate surface area is 138 Å². The van der Waals surface area contributed by atoms with E-state index < -0.39 is 0 Å². The van der Waals surface area contributed by atoms with Crippen molar-refractivity contribution in [2.75, 3.05) is 28.4 Å². The third-order valence-electron chi connectivity index (χ3n) is 3.99. The molecule has 2 aromatic carbocycles. The van der Waals surface area contributed by atoms with Gasteiger partial charge in [-0.25, -0.2) is 0 Å². The number of fused-ring (bicyclic) bond motifs is 2. The Morgan fingerprint density at radius 3 is 2.00 bits per heavy atom. The first-order valence-corrected chi connectivity index (χ1v) is 7.30. The summed E-state index contributed by atoms with van der Waals surface area (Å²) in [4.78, 5) is 12.9. The van der Waals surface area contributed by atoms with E-state index in [0.717, 1.165) is 5.56 Å². The van der Waals surface area contributed by atoms with E-state index in [0.29, 0.717) is 39.4 Å². The van der Waals surface area contributed by atoms with Crippen molar-refractivity contribution in [3.8, 4) is 23.0 Å². The van der Waals surface area contributed by atoms with Crippen LogP contribution in [0.5, 0.6) is 23.0 Å². The van der Waals surface area contributed by atoms with Gasteiger partial charge in [0.15, 0.2) is 22.7 Å². The van der Waals surface area contributed by atoms with Gasteiger partial charge in [-0.1, -0.05) is 6.07 Å². The van der Waals surface area contributed by atoms with Crippen LogP contribution < -0.4 is 24.4 Å². The van der Waals surface area contributed by atoms with Gasteiger partial charge in [-0.3, -0.25) is 4.79 Å². The van der Waals surface area contributed by atoms with E-state index in [1.807, 2.05) is 13.0 Å². The fraction of sp³-hybridized carbons (Fsp3) is 0.278. The molecule has 0 bridgehead atoms. The van der Waals surface area contributed by atoms with Gasteiger partial charge in [-0.05, 0) is 24.6 Å². The second-order valence-electron chi connectivity index (χ2n) is 5.25. The van der Waals surface area contributed by atoms with Crippen LogP contribution in [0.3, 0.4) is 0 Å². The van der Waals surface area contributed by atoms with Crippen LogP contribution in [0, 0.1) is 6.92 Å². The molecule has 6 heteroatoms. The molecule has 0 saturated carbocycles. The molecule has 0 radical (unpaired) electrons. The highest BCUT2D eigenvalue weighted by atomic mass is 16.5. The number of ether oxygens (including phenoxy) is 4. The van der Waals surface area contributed by atoms with Crippen LogP contribution in [0.2, 0.25) is 0 Å². The number of hydrogen-bond acceptors (Lipinski definition) is 6. The highest BCUT2D eigenvalue weighted by molar-refractivity contribution is 5.97. The van der Waals surface area contributed by atoms with Crippen molar-refractivity contribution >= 4 is 21.9 Å². The standard InChI is InChI=1S/C18H18O6/c1-9-6-7-10-13(19)11-8-12(20-2)17(22-4)18(23-5)16(11)24-15(10)14(9)21-3/h6-8H,1-5H3. The lowest BCUT2D eigenvalue weighted by molar-refractivity contribution is 0.324. The Morgan fingerprint density at radius 2 is 1.42 bits per heavy atom. The second kappa shape index (κ2) is 5.96. The molecule has 0 atom stereocenters. The third kappa shape index (κ3) is 2.14. The number of methoxy groups -OCH3 is 4. The Morgan fingerprint density at radius 1 is 0.792 bits per heavy atom. The summed E-state index contributed by atoms with van der Waals surface area (Å²) in [5.41, 5.74) is 1.34. The van der Waals surface area contributed by atoms with Gasteiger partial charge in [0.2, 0.25) is 16.9 Å². The molecule has 0 amide bonds. The van der Waals surface area contributed by atoms with Crippen LogP contribution in [0.15, 0.2) is 27.4 Å². The largest absolute Gasteiger partial charge is 0.493 e. The van der Waals surface area contributed by atoms with Gasteiger partial charge < -0.3 is 23.4 Å². The summed E-state index contributed by atoms with van der Waals surface area (Å²) >= 11 is 0. The third-order valence-corrected chi connectivity index (χ3v) is 3.99. The zero-order valence-corrected chi connectivity index (χ0v) is 14.2. The van der Waals surface area contributed by atoms with Gasteiger partial charge in [0.25, 0.3) is 0 Å². The zero-order chi connectivity index (χ0) is 17.4. The molecule has 0 aliphatic carbocycles. The first kappa shape index (κ1) is 16.0. The van der Waals surface area contributed by atoms with Gasteiger partial charge in [-0.15, -0.1) is 0 Å². The summed E-state index contributed by atoms with van der Waals surface area (Å²) in [5.74, 6) is 1.58. The molecule has 3 aromatic rings. The molecule has 6 nitrogen and oxygen atoms in total. The predicted octanol–water partition coefficient (Wildman–Crippen LogP) is 3.29. The summed E-state index contributed by atoms with van der Waals surface area (Å²) in [6, 6.07) is 5.14. The topological polar surface area (TPSA) is 67.1 Å². The van der Waals surface area contributed by atoms with Crippen molar-refractivity contribution in [1.29, 1.82) is 0 Å². The van der Waals surface area contributed by atoms with E-state index >= 15 is 0 Å². The molecule has 0 aliphatic rings. The average Bonchev–Trinajstić information content (AvgIpc) is 2.60. The lowest BCUT2D eigenvalue weighted by Gasteiger charge is -2.15. The molecular weight excluding hydrogens is 312 g/mol. The molecule has 1 heterocycles. The second-order valence-corrected chi connectivity index (χ2v) is 5.25. The van der Waals surface area contributed by atoms with Crippen molar-refractivity contribution in [3.63, 3.8) is 0 Å². The first-order chi connectivity index (χ1) is 11.6. The average molecular weight is 330 g/mol. The molecule has 126 valence electrons. The van der Waals surface area contributed by atoms with Crippen molar-refractivity contribution in [2.45, 2.75) is 6.92 Å². The Kier molecular flexibility index (Phi) is 3.97. The van der Waals surface area contributed by atoms with E-state index in [1.165, 1.54) is 28.4 Å². The van der Waals surface area contributed by atoms with Gasteiger partial charge in [0.1, 0.15) is 0 Å². The molecule has 0 spiro atoms. The summed E-state index contributed by atoms with van der Waals surface area (Å²) in [7, 11) is 6.01. The smallest absolute Gasteiger partial charge is 0.208 e. The lowest BCUT2D eigenvalue weighted by atomic mass is 10.1. The summed E-state index contributed by atoms with van der Waals surface area (Å²) in [5, 5.41) is 0.780. The molecule has 3 rings (SSSR count). The predicted molar refractivity (Wildman–Crippen MR) is 90.9 cm³/mol. The lowest BCUT2D eigenvalue weighted by Crippen LogP contribution is -2.06. The fourth-order valence-corrected chi connectivity index (χ4v) is 2.84. The summed E-state index contributed by atoms with van der Waals surface area (Å²) in [6.07, 6.45) is 0. The minimum absolute atomic E-state index is 0.191. The quantitative estimate of drug-likeness (QED) is 0.684. The van der Waals surface area contributed by atoms with Gasteiger partial charge >= 0.3 is 0 Å². The molecule has 1 aromatic heterocycles. The Balaban J connectivity index is 2.58. The van der Waals surface area contributed by atoms with Crippen molar-refractivity contribution in [1.82, 2.24) is 0 Å². The maximum absolute atomic E-state index is 12.9. The summed E-state index contributed by atoms with van der Waals surface area (Å²) in [6.45, 7) is 1.88. The normalized spacial score (nSPS) is 10.9. The van der Waals surface area contributed by atoms with E-state index in [4.69, 9.17) is 23.4 Å². The maximum atomic E-state index is 12.9. The highest BCUT2D eigenvalue weighted by Crippen LogP contribution is 2.44. The van der Waals surface area contributed by atoms with Crippen LogP contribution in [0.25, 0.3) is 21.9 Å². The van der Waals surface area contributed by atoms with Crippen LogP contribution in [-0.2, 0) is 0 Å². The Hall–Kier alpha value is -2.89. The molecule has 0 saturated heterocycles. The highest BCUT2D eigenvalue weighted by Gasteiger charge is 2.22. The van der Waals surface area contributed by atoms with Crippen molar-refractivity contribution < 1.29 is 23.4 Å². The van der Waals surface area contributed by atoms with E-state index in [2.05, 4.69) is 0 Å². The van der Waals surface area contributed by atoms with Crippen LogP contribution in [0.4, 0.5) is 0 Å². The molecule has 24 heavy (non-hydrogen) atoms. The van der Waals surface area contributed by atoms with Crippen LogP contribution >= 0.6 is 0 Å². The zero-order valence-electron chi connectivity index (χ0n) is 14.2. The number of aryl methyl sites for hydroxylation is 1. The molecule has 0 N–H and O–H groups in total. The molecule has 0 unspecified atom stereocenters. The van der Waals surface area contributed by atoms with Gasteiger partial charge in [-0.2, -0.15) is 0 Å². The minimum atomic E-state index is -0.191. The van der Waals surface area contributed by atoms with E-state index in [1.54, 1.807) is 12.1 Å². The van der Waals surface area contributed by atoms with E-state index in [-0.39, 0.29) is 11.0 Å². The molecular formula is C18H18O6. The fourth-order valence-electron chi connectivity index (χ4n) is 2.84. The minimum Gasteiger partial charge on any atom is -0.493 e. The van der Waals surface area contributed by atoms with Crippen molar-refractivity contribution in [3.05, 3.63) is 34.0 Å². The number of rotatable bonds is 4. The number of benzene rings is 2. The monoisotopic (exact) mass is 330 g/mol.